The fraction of sp³-hybridized carbons (Fsp3) is 0.273. The minimum Gasteiger partial charge on any atom is -0.496 e. The summed E-state index contributed by atoms with van der Waals surface area (Å²) in [6.07, 6.45) is 4.00. The first-order chi connectivity index (χ1) is 14.1. The molecule has 0 atom stereocenters. The molecule has 4 rings (SSSR count). The molecule has 0 spiro atoms. The number of para-hydroxylation sites is 1. The lowest BCUT2D eigenvalue weighted by molar-refractivity contribution is -0.113. The Hall–Kier alpha value is -2.93. The lowest BCUT2D eigenvalue weighted by Gasteiger charge is -2.22. The van der Waals surface area contributed by atoms with Crippen molar-refractivity contribution in [3.05, 3.63) is 52.9 Å². The van der Waals surface area contributed by atoms with E-state index in [4.69, 9.17) is 9.47 Å². The van der Waals surface area contributed by atoms with Crippen molar-refractivity contribution in [3.8, 4) is 11.5 Å². The maximum absolute atomic E-state index is 12.9. The summed E-state index contributed by atoms with van der Waals surface area (Å²) in [6.45, 7) is 1.96. The number of thioether (sulfide) groups is 1. The zero-order chi connectivity index (χ0) is 20.4. The van der Waals surface area contributed by atoms with Crippen molar-refractivity contribution < 1.29 is 19.1 Å². The Labute approximate surface area is 174 Å². The summed E-state index contributed by atoms with van der Waals surface area (Å²) < 4.78 is 11.2. The van der Waals surface area contributed by atoms with Gasteiger partial charge < -0.3 is 14.4 Å². The number of methoxy groups -OCH3 is 2. The summed E-state index contributed by atoms with van der Waals surface area (Å²) in [4.78, 5) is 29.2. The summed E-state index contributed by atoms with van der Waals surface area (Å²) in [6, 6.07) is 12.7. The number of imide groups is 1. The molecule has 2 heterocycles. The van der Waals surface area contributed by atoms with E-state index in [1.807, 2.05) is 18.2 Å². The zero-order valence-electron chi connectivity index (χ0n) is 16.4. The number of carbonyl (C=O) groups is 2. The van der Waals surface area contributed by atoms with Crippen LogP contribution in [0.5, 0.6) is 11.5 Å². The van der Waals surface area contributed by atoms with Crippen LogP contribution in [0.15, 0.2) is 47.4 Å². The van der Waals surface area contributed by atoms with Gasteiger partial charge in [0.25, 0.3) is 11.1 Å². The van der Waals surface area contributed by atoms with Gasteiger partial charge in [0.1, 0.15) is 11.5 Å². The zero-order valence-corrected chi connectivity index (χ0v) is 17.2. The van der Waals surface area contributed by atoms with Crippen molar-refractivity contribution in [2.45, 2.75) is 12.8 Å². The summed E-state index contributed by atoms with van der Waals surface area (Å²) in [5.41, 5.74) is 2.24. The van der Waals surface area contributed by atoms with Gasteiger partial charge in [0, 0.05) is 24.7 Å². The molecule has 29 heavy (non-hydrogen) atoms. The number of anilines is 2. The SMILES string of the molecule is COc1cc(N2CCCC2)c(OC)cc1C=C1SC(=O)N(c2ccccc2)C1=O. The molecule has 2 aromatic carbocycles. The molecule has 2 amide bonds. The Morgan fingerprint density at radius 3 is 2.31 bits per heavy atom. The van der Waals surface area contributed by atoms with Gasteiger partial charge >= 0.3 is 0 Å². The lowest BCUT2D eigenvalue weighted by Crippen LogP contribution is -2.27. The van der Waals surface area contributed by atoms with E-state index >= 15 is 0 Å². The minimum atomic E-state index is -0.337. The fourth-order valence-electron chi connectivity index (χ4n) is 3.63. The molecular weight excluding hydrogens is 388 g/mol. The van der Waals surface area contributed by atoms with Gasteiger partial charge in [0.2, 0.25) is 0 Å². The molecule has 0 unspecified atom stereocenters. The van der Waals surface area contributed by atoms with Gasteiger partial charge in [-0.3, -0.25) is 9.59 Å². The second-order valence-corrected chi connectivity index (χ2v) is 7.81. The van der Waals surface area contributed by atoms with Crippen LogP contribution in [0, 0.1) is 0 Å². The van der Waals surface area contributed by atoms with E-state index in [-0.39, 0.29) is 11.1 Å². The topological polar surface area (TPSA) is 59.1 Å². The third kappa shape index (κ3) is 3.70. The van der Waals surface area contributed by atoms with E-state index in [1.54, 1.807) is 44.6 Å². The molecule has 2 fully saturated rings. The first kappa shape index (κ1) is 19.4. The van der Waals surface area contributed by atoms with Gasteiger partial charge in [-0.05, 0) is 48.9 Å². The van der Waals surface area contributed by atoms with E-state index in [0.29, 0.717) is 21.9 Å². The number of amides is 2. The first-order valence-corrected chi connectivity index (χ1v) is 10.3. The molecule has 0 N–H and O–H groups in total. The van der Waals surface area contributed by atoms with Crippen molar-refractivity contribution >= 4 is 40.4 Å². The van der Waals surface area contributed by atoms with Crippen LogP contribution in [0.3, 0.4) is 0 Å². The maximum atomic E-state index is 12.9. The summed E-state index contributed by atoms with van der Waals surface area (Å²) >= 11 is 0.925. The molecule has 2 aliphatic heterocycles. The molecule has 0 radical (unpaired) electrons. The normalized spacial score (nSPS) is 18.1. The molecule has 7 heteroatoms. The van der Waals surface area contributed by atoms with Crippen molar-refractivity contribution in [2.75, 3.05) is 37.1 Å². The molecule has 6 nitrogen and oxygen atoms in total. The molecule has 150 valence electrons. The maximum Gasteiger partial charge on any atom is 0.298 e. The summed E-state index contributed by atoms with van der Waals surface area (Å²) in [5.74, 6) is 1.02. The van der Waals surface area contributed by atoms with Crippen LogP contribution in [0.1, 0.15) is 18.4 Å². The van der Waals surface area contributed by atoms with E-state index in [2.05, 4.69) is 4.90 Å². The highest BCUT2D eigenvalue weighted by Gasteiger charge is 2.36. The molecule has 0 aromatic heterocycles. The highest BCUT2D eigenvalue weighted by molar-refractivity contribution is 8.19. The van der Waals surface area contributed by atoms with Crippen LogP contribution < -0.4 is 19.3 Å². The third-order valence-electron chi connectivity index (χ3n) is 5.07. The third-order valence-corrected chi connectivity index (χ3v) is 5.94. The summed E-state index contributed by atoms with van der Waals surface area (Å²) in [5, 5.41) is -0.313. The number of rotatable bonds is 5. The van der Waals surface area contributed by atoms with Gasteiger partial charge in [0.05, 0.1) is 30.5 Å². The van der Waals surface area contributed by atoms with Crippen LogP contribution in [-0.4, -0.2) is 38.5 Å². The van der Waals surface area contributed by atoms with Crippen LogP contribution in [0.25, 0.3) is 6.08 Å². The monoisotopic (exact) mass is 410 g/mol. The number of carbonyl (C=O) groups excluding carboxylic acids is 2. The van der Waals surface area contributed by atoms with E-state index in [9.17, 15) is 9.59 Å². The quantitative estimate of drug-likeness (QED) is 0.675. The Balaban J connectivity index is 1.70. The molecule has 0 saturated carbocycles. The van der Waals surface area contributed by atoms with Gasteiger partial charge in [-0.25, -0.2) is 4.90 Å². The van der Waals surface area contributed by atoms with E-state index < -0.39 is 0 Å². The molecular formula is C22H22N2O4S. The highest BCUT2D eigenvalue weighted by Crippen LogP contribution is 2.41. The van der Waals surface area contributed by atoms with Crippen LogP contribution >= 0.6 is 11.8 Å². The first-order valence-electron chi connectivity index (χ1n) is 9.46. The Kier molecular flexibility index (Phi) is 5.49. The van der Waals surface area contributed by atoms with Gasteiger partial charge in [0.15, 0.2) is 0 Å². The Morgan fingerprint density at radius 2 is 1.66 bits per heavy atom. The molecule has 2 aromatic rings. The number of nitrogens with zero attached hydrogens (tertiary/aromatic N) is 2. The largest absolute Gasteiger partial charge is 0.496 e. The van der Waals surface area contributed by atoms with Gasteiger partial charge in [-0.15, -0.1) is 0 Å². The van der Waals surface area contributed by atoms with Crippen molar-refractivity contribution in [3.63, 3.8) is 0 Å². The van der Waals surface area contributed by atoms with Crippen molar-refractivity contribution in [2.24, 2.45) is 0 Å². The fourth-order valence-corrected chi connectivity index (χ4v) is 4.46. The van der Waals surface area contributed by atoms with Crippen LogP contribution in [-0.2, 0) is 4.79 Å². The molecule has 2 saturated heterocycles. The Morgan fingerprint density at radius 1 is 0.966 bits per heavy atom. The van der Waals surface area contributed by atoms with E-state index in [1.165, 1.54) is 4.90 Å². The molecule has 0 aliphatic carbocycles. The minimum absolute atomic E-state index is 0.313. The van der Waals surface area contributed by atoms with Crippen molar-refractivity contribution in [1.82, 2.24) is 0 Å². The average molecular weight is 410 g/mol. The lowest BCUT2D eigenvalue weighted by atomic mass is 10.1. The Bertz CT molecular complexity index is 968. The van der Waals surface area contributed by atoms with Gasteiger partial charge in [-0.2, -0.15) is 0 Å². The van der Waals surface area contributed by atoms with Crippen LogP contribution in [0.4, 0.5) is 16.2 Å². The standard InChI is InChI=1S/C22H22N2O4S/c1-27-18-14-17(23-10-6-7-11-23)19(28-2)12-15(18)13-20-21(25)24(22(26)29-20)16-8-4-3-5-9-16/h3-5,8-9,12-14H,6-7,10-11H2,1-2H3. The number of ether oxygens (including phenoxy) is 2. The predicted octanol–water partition coefficient (Wildman–Crippen LogP) is 4.54. The average Bonchev–Trinajstić information content (AvgIpc) is 3.37. The second kappa shape index (κ2) is 8.21. The number of hydrogen-bond acceptors (Lipinski definition) is 6. The van der Waals surface area contributed by atoms with Crippen LogP contribution in [0.2, 0.25) is 0 Å². The van der Waals surface area contributed by atoms with Gasteiger partial charge in [-0.1, -0.05) is 18.2 Å². The van der Waals surface area contributed by atoms with Crippen molar-refractivity contribution in [1.29, 1.82) is 0 Å². The molecule has 0 bridgehead atoms. The van der Waals surface area contributed by atoms with E-state index in [0.717, 1.165) is 49.1 Å². The predicted molar refractivity (Wildman–Crippen MR) is 116 cm³/mol. The second-order valence-electron chi connectivity index (χ2n) is 6.81. The summed E-state index contributed by atoms with van der Waals surface area (Å²) in [7, 11) is 3.23. The highest BCUT2D eigenvalue weighted by atomic mass is 32.2. The number of benzene rings is 2. The smallest absolute Gasteiger partial charge is 0.298 e. The number of hydrogen-bond donors (Lipinski definition) is 0. The molecule has 2 aliphatic rings.